The number of carboxylic acids is 1. The van der Waals surface area contributed by atoms with Crippen LogP contribution in [0.2, 0.25) is 0 Å². The molecule has 4 nitrogen and oxygen atoms in total. The molecule has 0 saturated carbocycles. The minimum atomic E-state index is -0.865. The lowest BCUT2D eigenvalue weighted by Crippen LogP contribution is -2.31. The fourth-order valence-corrected chi connectivity index (χ4v) is 1.40. The van der Waals surface area contributed by atoms with Crippen molar-refractivity contribution in [2.45, 2.75) is 25.8 Å². The van der Waals surface area contributed by atoms with Gasteiger partial charge in [-0.2, -0.15) is 0 Å². The van der Waals surface area contributed by atoms with Gasteiger partial charge in [-0.3, -0.25) is 4.79 Å². The van der Waals surface area contributed by atoms with Crippen LogP contribution in [0.1, 0.15) is 18.9 Å². The summed E-state index contributed by atoms with van der Waals surface area (Å²) >= 11 is 0. The molecule has 1 rings (SSSR count). The van der Waals surface area contributed by atoms with E-state index >= 15 is 0 Å². The summed E-state index contributed by atoms with van der Waals surface area (Å²) in [6, 6.07) is 7.69. The molecule has 4 N–H and O–H groups in total. The Bertz CT molecular complexity index is 335. The van der Waals surface area contributed by atoms with Crippen molar-refractivity contribution < 1.29 is 9.90 Å². The molecule has 0 heterocycles. The van der Waals surface area contributed by atoms with Crippen LogP contribution < -0.4 is 11.1 Å². The Morgan fingerprint density at radius 3 is 2.56 bits per heavy atom. The number of nitrogens with one attached hydrogen (secondary N) is 1. The standard InChI is InChI=1S/C12H18N2O2/c1-2-9-3-5-11(6-4-9)14-8-10(13)7-12(15)16/h3-6,10,14H,2,7-8,13H2,1H3,(H,15,16). The lowest BCUT2D eigenvalue weighted by atomic mass is 10.1. The molecule has 0 aliphatic carbocycles. The van der Waals surface area contributed by atoms with E-state index < -0.39 is 5.97 Å². The van der Waals surface area contributed by atoms with E-state index in [1.165, 1.54) is 5.56 Å². The SMILES string of the molecule is CCc1ccc(NCC(N)CC(=O)O)cc1. The van der Waals surface area contributed by atoms with Crippen LogP contribution in [0.5, 0.6) is 0 Å². The molecular weight excluding hydrogens is 204 g/mol. The normalized spacial score (nSPS) is 12.1. The number of aryl methyl sites for hydroxylation is 1. The van der Waals surface area contributed by atoms with Crippen molar-refractivity contribution in [1.29, 1.82) is 0 Å². The average molecular weight is 222 g/mol. The van der Waals surface area contributed by atoms with E-state index in [0.717, 1.165) is 12.1 Å². The highest BCUT2D eigenvalue weighted by atomic mass is 16.4. The van der Waals surface area contributed by atoms with Gasteiger partial charge in [-0.1, -0.05) is 19.1 Å². The first-order valence-electron chi connectivity index (χ1n) is 5.42. The molecule has 0 aliphatic heterocycles. The Morgan fingerprint density at radius 1 is 1.44 bits per heavy atom. The first-order valence-corrected chi connectivity index (χ1v) is 5.42. The molecule has 0 aliphatic rings. The third-order valence-electron chi connectivity index (χ3n) is 2.37. The van der Waals surface area contributed by atoms with Crippen LogP contribution in [-0.4, -0.2) is 23.7 Å². The predicted molar refractivity (Wildman–Crippen MR) is 64.5 cm³/mol. The predicted octanol–water partition coefficient (Wildman–Crippen LogP) is 1.46. The number of benzene rings is 1. The van der Waals surface area contributed by atoms with Gasteiger partial charge in [0.2, 0.25) is 0 Å². The Balaban J connectivity index is 2.39. The molecule has 0 fully saturated rings. The maximum absolute atomic E-state index is 10.4. The summed E-state index contributed by atoms with van der Waals surface area (Å²) in [5.74, 6) is -0.865. The van der Waals surface area contributed by atoms with E-state index in [-0.39, 0.29) is 12.5 Å². The van der Waals surface area contributed by atoms with E-state index in [9.17, 15) is 4.79 Å². The van der Waals surface area contributed by atoms with Crippen molar-refractivity contribution in [3.8, 4) is 0 Å². The number of hydrogen-bond acceptors (Lipinski definition) is 3. The third kappa shape index (κ3) is 4.31. The molecule has 88 valence electrons. The Labute approximate surface area is 95.5 Å². The second-order valence-electron chi connectivity index (χ2n) is 3.79. The molecule has 1 unspecified atom stereocenters. The number of aliphatic carboxylic acids is 1. The van der Waals surface area contributed by atoms with Gasteiger partial charge in [-0.15, -0.1) is 0 Å². The molecule has 16 heavy (non-hydrogen) atoms. The molecule has 0 spiro atoms. The number of rotatable bonds is 6. The molecule has 4 heteroatoms. The van der Waals surface area contributed by atoms with Crippen molar-refractivity contribution in [3.63, 3.8) is 0 Å². The number of nitrogens with two attached hydrogens (primary N) is 1. The van der Waals surface area contributed by atoms with E-state index in [1.54, 1.807) is 0 Å². The molecule has 0 saturated heterocycles. The van der Waals surface area contributed by atoms with E-state index in [1.807, 2.05) is 24.3 Å². The number of hydrogen-bond donors (Lipinski definition) is 3. The minimum Gasteiger partial charge on any atom is -0.481 e. The lowest BCUT2D eigenvalue weighted by molar-refractivity contribution is -0.137. The zero-order valence-electron chi connectivity index (χ0n) is 9.44. The average Bonchev–Trinajstić information content (AvgIpc) is 2.26. The Kier molecular flexibility index (Phi) is 4.79. The van der Waals surface area contributed by atoms with Gasteiger partial charge >= 0.3 is 5.97 Å². The molecule has 1 aromatic carbocycles. The Hall–Kier alpha value is -1.55. The van der Waals surface area contributed by atoms with Crippen LogP contribution in [0, 0.1) is 0 Å². The number of carbonyl (C=O) groups is 1. The van der Waals surface area contributed by atoms with Gasteiger partial charge in [0.25, 0.3) is 0 Å². The highest BCUT2D eigenvalue weighted by Crippen LogP contribution is 2.09. The van der Waals surface area contributed by atoms with Gasteiger partial charge in [-0.25, -0.2) is 0 Å². The summed E-state index contributed by atoms with van der Waals surface area (Å²) in [7, 11) is 0. The van der Waals surface area contributed by atoms with Gasteiger partial charge in [0.15, 0.2) is 0 Å². The highest BCUT2D eigenvalue weighted by molar-refractivity contribution is 5.67. The second kappa shape index (κ2) is 6.12. The second-order valence-corrected chi connectivity index (χ2v) is 3.79. The van der Waals surface area contributed by atoms with Gasteiger partial charge in [0.05, 0.1) is 6.42 Å². The van der Waals surface area contributed by atoms with Gasteiger partial charge < -0.3 is 16.2 Å². The van der Waals surface area contributed by atoms with Crippen molar-refractivity contribution in [1.82, 2.24) is 0 Å². The highest BCUT2D eigenvalue weighted by Gasteiger charge is 2.07. The summed E-state index contributed by atoms with van der Waals surface area (Å²) < 4.78 is 0. The lowest BCUT2D eigenvalue weighted by Gasteiger charge is -2.11. The molecule has 1 aromatic rings. The van der Waals surface area contributed by atoms with E-state index in [4.69, 9.17) is 10.8 Å². The van der Waals surface area contributed by atoms with Crippen LogP contribution >= 0.6 is 0 Å². The number of anilines is 1. The third-order valence-corrected chi connectivity index (χ3v) is 2.37. The first kappa shape index (κ1) is 12.5. The molecular formula is C12H18N2O2. The van der Waals surface area contributed by atoms with Gasteiger partial charge in [-0.05, 0) is 24.1 Å². The van der Waals surface area contributed by atoms with Crippen molar-refractivity contribution >= 4 is 11.7 Å². The summed E-state index contributed by atoms with van der Waals surface area (Å²) in [5, 5.41) is 11.7. The fourth-order valence-electron chi connectivity index (χ4n) is 1.40. The van der Waals surface area contributed by atoms with E-state index in [2.05, 4.69) is 12.2 Å². The fraction of sp³-hybridized carbons (Fsp3) is 0.417. The summed E-state index contributed by atoms with van der Waals surface area (Å²) in [4.78, 5) is 10.4. The zero-order valence-corrected chi connectivity index (χ0v) is 9.44. The Morgan fingerprint density at radius 2 is 2.06 bits per heavy atom. The van der Waals surface area contributed by atoms with Crippen LogP contribution in [0.3, 0.4) is 0 Å². The molecule has 0 aromatic heterocycles. The molecule has 0 bridgehead atoms. The first-order chi connectivity index (χ1) is 7.61. The monoisotopic (exact) mass is 222 g/mol. The quantitative estimate of drug-likeness (QED) is 0.681. The van der Waals surface area contributed by atoms with Gasteiger partial charge in [0.1, 0.15) is 0 Å². The smallest absolute Gasteiger partial charge is 0.304 e. The van der Waals surface area contributed by atoms with Crippen molar-refractivity contribution in [2.24, 2.45) is 5.73 Å². The molecule has 0 radical (unpaired) electrons. The van der Waals surface area contributed by atoms with Gasteiger partial charge in [0, 0.05) is 18.3 Å². The molecule has 1 atom stereocenters. The topological polar surface area (TPSA) is 75.3 Å². The minimum absolute atomic E-state index is 0.0138. The largest absolute Gasteiger partial charge is 0.481 e. The van der Waals surface area contributed by atoms with Crippen LogP contribution in [0.25, 0.3) is 0 Å². The van der Waals surface area contributed by atoms with Crippen LogP contribution in [0.15, 0.2) is 24.3 Å². The van der Waals surface area contributed by atoms with Crippen LogP contribution in [0.4, 0.5) is 5.69 Å². The van der Waals surface area contributed by atoms with Crippen molar-refractivity contribution in [3.05, 3.63) is 29.8 Å². The number of carboxylic acid groups (broad SMARTS) is 1. The summed E-state index contributed by atoms with van der Waals surface area (Å²) in [6.45, 7) is 2.57. The summed E-state index contributed by atoms with van der Waals surface area (Å²) in [6.07, 6.45) is 0.999. The maximum atomic E-state index is 10.4. The van der Waals surface area contributed by atoms with Crippen LogP contribution in [-0.2, 0) is 11.2 Å². The van der Waals surface area contributed by atoms with E-state index in [0.29, 0.717) is 6.54 Å². The summed E-state index contributed by atoms with van der Waals surface area (Å²) in [5.41, 5.74) is 7.88. The zero-order chi connectivity index (χ0) is 12.0. The molecule has 0 amide bonds. The van der Waals surface area contributed by atoms with Crippen molar-refractivity contribution in [2.75, 3.05) is 11.9 Å². The maximum Gasteiger partial charge on any atom is 0.304 e.